The zero-order valence-electron chi connectivity index (χ0n) is 17.7. The minimum absolute atomic E-state index is 0.0542. The van der Waals surface area contributed by atoms with Crippen LogP contribution in [0.4, 0.5) is 0 Å². The largest absolute Gasteiger partial charge is 0.394 e. The van der Waals surface area contributed by atoms with E-state index in [9.17, 15) is 25.5 Å². The van der Waals surface area contributed by atoms with Crippen molar-refractivity contribution >= 4 is 0 Å². The van der Waals surface area contributed by atoms with Crippen molar-refractivity contribution in [3.05, 3.63) is 0 Å². The van der Waals surface area contributed by atoms with Crippen LogP contribution in [0.15, 0.2) is 0 Å². The van der Waals surface area contributed by atoms with Gasteiger partial charge in [-0.3, -0.25) is 0 Å². The molecule has 1 saturated carbocycles. The normalized spacial score (nSPS) is 52.7. The van der Waals surface area contributed by atoms with Crippen molar-refractivity contribution in [3.8, 4) is 0 Å². The van der Waals surface area contributed by atoms with Gasteiger partial charge in [0.1, 0.15) is 36.6 Å². The predicted octanol–water partition coefficient (Wildman–Crippen LogP) is -6.30. The van der Waals surface area contributed by atoms with E-state index in [0.717, 1.165) is 0 Å². The summed E-state index contributed by atoms with van der Waals surface area (Å²) >= 11 is 0. The Morgan fingerprint density at radius 3 is 1.84 bits per heavy atom. The van der Waals surface area contributed by atoms with Crippen LogP contribution in [0.2, 0.25) is 0 Å². The molecular formula is C18H37N5O9. The van der Waals surface area contributed by atoms with E-state index in [1.807, 2.05) is 0 Å². The molecule has 15 N–H and O–H groups in total. The van der Waals surface area contributed by atoms with Crippen LogP contribution in [0.3, 0.4) is 0 Å². The van der Waals surface area contributed by atoms with E-state index < -0.39 is 92.2 Å². The molecule has 32 heavy (non-hydrogen) atoms. The van der Waals surface area contributed by atoms with Crippen LogP contribution in [0.5, 0.6) is 0 Å². The maximum Gasteiger partial charge on any atom is 0.186 e. The van der Waals surface area contributed by atoms with Crippen LogP contribution in [-0.2, 0) is 18.9 Å². The molecule has 0 radical (unpaired) electrons. The molecule has 0 aromatic heterocycles. The predicted molar refractivity (Wildman–Crippen MR) is 108 cm³/mol. The molecule has 7 unspecified atom stereocenters. The van der Waals surface area contributed by atoms with E-state index in [4.69, 9.17) is 47.6 Å². The zero-order chi connectivity index (χ0) is 23.7. The van der Waals surface area contributed by atoms with E-state index in [1.165, 1.54) is 0 Å². The number of aliphatic hydroxyl groups is 5. The fraction of sp³-hybridized carbons (Fsp3) is 1.00. The van der Waals surface area contributed by atoms with Crippen LogP contribution < -0.4 is 28.7 Å². The van der Waals surface area contributed by atoms with Crippen LogP contribution >= 0.6 is 0 Å². The average molecular weight is 468 g/mol. The van der Waals surface area contributed by atoms with Crippen molar-refractivity contribution < 1.29 is 44.5 Å². The third-order valence-corrected chi connectivity index (χ3v) is 6.41. The van der Waals surface area contributed by atoms with E-state index >= 15 is 0 Å². The Labute approximate surface area is 185 Å². The van der Waals surface area contributed by atoms with E-state index in [-0.39, 0.29) is 19.4 Å². The van der Waals surface area contributed by atoms with Crippen LogP contribution in [0.1, 0.15) is 12.8 Å². The topological polar surface area (TPSA) is 268 Å². The smallest absolute Gasteiger partial charge is 0.186 e. The van der Waals surface area contributed by atoms with Gasteiger partial charge in [0.05, 0.1) is 30.9 Å². The van der Waals surface area contributed by atoms with Crippen LogP contribution in [-0.4, -0.2) is 124 Å². The molecule has 2 aliphatic heterocycles. The molecule has 0 aromatic rings. The first-order chi connectivity index (χ1) is 15.1. The first-order valence-electron chi connectivity index (χ1n) is 10.8. The number of rotatable bonds is 6. The standard InChI is InChI=1S/C18H37N5O9/c19-3-9-8(25)2-7(22)17(29-9)31-15-5(20)1-6(21)16(14(15)28)32-18-13(27)11(23)12(26)10(4-24)30-18/h5-18,24-28H,1-4,19-23H2/t5-,6+,7+,8?,9?,10?,11?,12?,13?,14?,15+,16-,17-,18-/m1/s1. The Kier molecular flexibility index (Phi) is 8.79. The van der Waals surface area contributed by atoms with Crippen molar-refractivity contribution in [2.75, 3.05) is 13.2 Å². The molecule has 14 atom stereocenters. The lowest BCUT2D eigenvalue weighted by Crippen LogP contribution is -2.68. The second-order valence-electron chi connectivity index (χ2n) is 8.78. The van der Waals surface area contributed by atoms with Crippen molar-refractivity contribution in [1.29, 1.82) is 0 Å². The third-order valence-electron chi connectivity index (χ3n) is 6.41. The van der Waals surface area contributed by atoms with Gasteiger partial charge in [0.2, 0.25) is 0 Å². The zero-order valence-corrected chi connectivity index (χ0v) is 17.7. The fourth-order valence-electron chi connectivity index (χ4n) is 4.43. The lowest BCUT2D eigenvalue weighted by molar-refractivity contribution is -0.314. The highest BCUT2D eigenvalue weighted by Gasteiger charge is 2.50. The minimum Gasteiger partial charge on any atom is -0.394 e. The molecule has 3 rings (SSSR count). The second kappa shape index (κ2) is 10.8. The quantitative estimate of drug-likeness (QED) is 0.174. The highest BCUT2D eigenvalue weighted by molar-refractivity contribution is 5.01. The molecule has 2 heterocycles. The van der Waals surface area contributed by atoms with Gasteiger partial charge in [-0.1, -0.05) is 0 Å². The average Bonchev–Trinajstić information content (AvgIpc) is 2.75. The number of nitrogens with two attached hydrogens (primary N) is 5. The summed E-state index contributed by atoms with van der Waals surface area (Å²) in [6, 6.07) is -3.27. The van der Waals surface area contributed by atoms with E-state index in [2.05, 4.69) is 0 Å². The molecule has 0 bridgehead atoms. The molecule has 0 aromatic carbocycles. The summed E-state index contributed by atoms with van der Waals surface area (Å²) < 4.78 is 22.7. The van der Waals surface area contributed by atoms with Crippen LogP contribution in [0.25, 0.3) is 0 Å². The highest BCUT2D eigenvalue weighted by atomic mass is 16.7. The molecule has 14 heteroatoms. The first-order valence-corrected chi connectivity index (χ1v) is 10.8. The number of hydrogen-bond donors (Lipinski definition) is 10. The van der Waals surface area contributed by atoms with Crippen molar-refractivity contribution in [1.82, 2.24) is 0 Å². The lowest BCUT2D eigenvalue weighted by atomic mass is 9.84. The summed E-state index contributed by atoms with van der Waals surface area (Å²) in [7, 11) is 0. The van der Waals surface area contributed by atoms with Gasteiger partial charge in [-0.05, 0) is 12.8 Å². The Bertz CT molecular complexity index is 607. The number of aliphatic hydroxyl groups excluding tert-OH is 5. The fourth-order valence-corrected chi connectivity index (χ4v) is 4.43. The Hall–Kier alpha value is -0.560. The number of hydrogen-bond acceptors (Lipinski definition) is 14. The summed E-state index contributed by atoms with van der Waals surface area (Å²) in [5.41, 5.74) is 29.8. The van der Waals surface area contributed by atoms with Crippen molar-refractivity contribution in [2.24, 2.45) is 28.7 Å². The molecule has 1 aliphatic carbocycles. The molecule has 188 valence electrons. The molecule has 3 fully saturated rings. The van der Waals surface area contributed by atoms with Gasteiger partial charge in [0.15, 0.2) is 12.6 Å². The third kappa shape index (κ3) is 5.24. The van der Waals surface area contributed by atoms with Gasteiger partial charge in [0.25, 0.3) is 0 Å². The van der Waals surface area contributed by atoms with Gasteiger partial charge >= 0.3 is 0 Å². The molecule has 0 amide bonds. The summed E-state index contributed by atoms with van der Waals surface area (Å²) in [6.45, 7) is -0.499. The van der Waals surface area contributed by atoms with Gasteiger partial charge in [-0.25, -0.2) is 0 Å². The van der Waals surface area contributed by atoms with Crippen molar-refractivity contribution in [2.45, 2.75) is 98.4 Å². The molecular weight excluding hydrogens is 430 g/mol. The summed E-state index contributed by atoms with van der Waals surface area (Å²) in [5.74, 6) is 0. The Balaban J connectivity index is 1.70. The SMILES string of the molecule is NCC1O[C@H](O[C@@H]2C(O)[C@H](O[C@H]3OC(CO)C(O)C(N)C3O)[C@@H](N)C[C@H]2N)[C@@H](N)CC1O. The van der Waals surface area contributed by atoms with E-state index in [0.29, 0.717) is 0 Å². The van der Waals surface area contributed by atoms with Gasteiger partial charge in [-0.2, -0.15) is 0 Å². The maximum absolute atomic E-state index is 11.0. The monoisotopic (exact) mass is 467 g/mol. The molecule has 2 saturated heterocycles. The maximum atomic E-state index is 11.0. The van der Waals surface area contributed by atoms with E-state index in [1.54, 1.807) is 0 Å². The minimum atomic E-state index is -1.44. The van der Waals surface area contributed by atoms with Crippen molar-refractivity contribution in [3.63, 3.8) is 0 Å². The first kappa shape index (κ1) is 26.1. The van der Waals surface area contributed by atoms with Crippen LogP contribution in [0, 0.1) is 0 Å². The highest BCUT2D eigenvalue weighted by Crippen LogP contribution is 2.30. The van der Waals surface area contributed by atoms with Gasteiger partial charge < -0.3 is 73.1 Å². The lowest BCUT2D eigenvalue weighted by Gasteiger charge is -2.47. The van der Waals surface area contributed by atoms with Gasteiger partial charge in [0, 0.05) is 18.6 Å². The molecule has 0 spiro atoms. The summed E-state index contributed by atoms with van der Waals surface area (Å²) in [5, 5.41) is 50.7. The summed E-state index contributed by atoms with van der Waals surface area (Å²) in [4.78, 5) is 0. The van der Waals surface area contributed by atoms with Gasteiger partial charge in [-0.15, -0.1) is 0 Å². The Morgan fingerprint density at radius 2 is 1.28 bits per heavy atom. The molecule has 3 aliphatic rings. The number of ether oxygens (including phenoxy) is 4. The Morgan fingerprint density at radius 1 is 0.719 bits per heavy atom. The summed E-state index contributed by atoms with van der Waals surface area (Å²) in [6.07, 6.45) is -10.8. The second-order valence-corrected chi connectivity index (χ2v) is 8.78. The molecule has 14 nitrogen and oxygen atoms in total.